The Kier molecular flexibility index (Phi) is 5.15. The summed E-state index contributed by atoms with van der Waals surface area (Å²) in [7, 11) is -3.52. The highest BCUT2D eigenvalue weighted by molar-refractivity contribution is 7.91. The molecule has 7 nitrogen and oxygen atoms in total. The number of unbranched alkanes of at least 4 members (excludes halogenated alkanes) is 1. The molecule has 0 aromatic carbocycles. The van der Waals surface area contributed by atoms with E-state index in [2.05, 4.69) is 10.1 Å². The van der Waals surface area contributed by atoms with Crippen LogP contribution in [-0.2, 0) is 16.4 Å². The minimum Gasteiger partial charge on any atom is -0.326 e. The van der Waals surface area contributed by atoms with Gasteiger partial charge in [-0.1, -0.05) is 31.0 Å². The maximum atomic E-state index is 12.5. The maximum absolute atomic E-state index is 12.5. The van der Waals surface area contributed by atoms with Crippen LogP contribution in [0.1, 0.15) is 31.0 Å². The van der Waals surface area contributed by atoms with Crippen molar-refractivity contribution in [2.75, 3.05) is 5.75 Å². The van der Waals surface area contributed by atoms with Crippen LogP contribution in [0.4, 0.5) is 0 Å². The number of pyridine rings is 1. The van der Waals surface area contributed by atoms with Crippen molar-refractivity contribution in [2.24, 2.45) is 0 Å². The summed E-state index contributed by atoms with van der Waals surface area (Å²) in [6.07, 6.45) is 2.96. The quantitative estimate of drug-likeness (QED) is 0.599. The molecule has 3 aromatic rings. The van der Waals surface area contributed by atoms with Crippen LogP contribution in [0.3, 0.4) is 0 Å². The van der Waals surface area contributed by atoms with Gasteiger partial charge in [0.05, 0.1) is 12.3 Å². The lowest BCUT2D eigenvalue weighted by Crippen LogP contribution is -2.20. The van der Waals surface area contributed by atoms with Crippen LogP contribution in [0.2, 0.25) is 5.15 Å². The first-order valence-electron chi connectivity index (χ1n) is 8.25. The van der Waals surface area contributed by atoms with Gasteiger partial charge in [-0.2, -0.15) is 9.61 Å². The summed E-state index contributed by atoms with van der Waals surface area (Å²) in [6.45, 7) is 4.13. The zero-order valence-electron chi connectivity index (χ0n) is 14.5. The first kappa shape index (κ1) is 18.6. The molecule has 0 saturated carbocycles. The normalized spacial score (nSPS) is 12.0. The number of aryl methyl sites for hydroxylation is 1. The van der Waals surface area contributed by atoms with Gasteiger partial charge in [0.25, 0.3) is 5.56 Å². The minimum atomic E-state index is -3.52. The molecular weight excluding hydrogens is 376 g/mol. The summed E-state index contributed by atoms with van der Waals surface area (Å²) in [4.78, 5) is 16.3. The molecule has 0 aliphatic carbocycles. The molecule has 0 bridgehead atoms. The zero-order chi connectivity index (χ0) is 18.9. The van der Waals surface area contributed by atoms with Crippen molar-refractivity contribution in [2.45, 2.75) is 38.3 Å². The van der Waals surface area contributed by atoms with Gasteiger partial charge in [0, 0.05) is 24.0 Å². The molecule has 0 radical (unpaired) electrons. The molecule has 138 valence electrons. The number of hydrogen-bond acceptors (Lipinski definition) is 5. The highest BCUT2D eigenvalue weighted by Gasteiger charge is 2.20. The number of halogens is 1. The van der Waals surface area contributed by atoms with Crippen molar-refractivity contribution in [1.82, 2.24) is 19.2 Å². The smallest absolute Gasteiger partial charge is 0.274 e. The minimum absolute atomic E-state index is 0.0155. The fourth-order valence-corrected chi connectivity index (χ4v) is 4.16. The Balaban J connectivity index is 2.11. The molecular formula is C17H19ClN4O3S. The number of hydrogen-bond donors (Lipinski definition) is 0. The average molecular weight is 395 g/mol. The van der Waals surface area contributed by atoms with Gasteiger partial charge in [0.2, 0.25) is 0 Å². The summed E-state index contributed by atoms with van der Waals surface area (Å²) in [5.41, 5.74) is 1.65. The topological polar surface area (TPSA) is 86.3 Å². The predicted octanol–water partition coefficient (Wildman–Crippen LogP) is 2.47. The summed E-state index contributed by atoms with van der Waals surface area (Å²) in [5.74, 6) is 0.0155. The summed E-state index contributed by atoms with van der Waals surface area (Å²) < 4.78 is 27.9. The van der Waals surface area contributed by atoms with E-state index < -0.39 is 9.84 Å². The van der Waals surface area contributed by atoms with E-state index in [1.807, 2.05) is 17.6 Å². The van der Waals surface area contributed by atoms with Gasteiger partial charge in [-0.25, -0.2) is 13.4 Å². The molecule has 3 heterocycles. The van der Waals surface area contributed by atoms with E-state index in [9.17, 15) is 13.2 Å². The van der Waals surface area contributed by atoms with Gasteiger partial charge in [-0.15, -0.1) is 0 Å². The van der Waals surface area contributed by atoms with Gasteiger partial charge in [0.1, 0.15) is 10.8 Å². The fraction of sp³-hybridized carbons (Fsp3) is 0.353. The SMILES string of the molecule is CCCCS(=O)(=O)c1cc2n(Cc3ccc(Cl)nc3)c(C)cc(=O)n2n1. The number of fused-ring (bicyclic) bond motifs is 1. The molecule has 3 aromatic heterocycles. The van der Waals surface area contributed by atoms with Crippen LogP contribution in [0.15, 0.2) is 40.3 Å². The second-order valence-electron chi connectivity index (χ2n) is 6.12. The molecule has 0 aliphatic heterocycles. The first-order valence-corrected chi connectivity index (χ1v) is 10.3. The molecule has 3 rings (SSSR count). The third-order valence-corrected chi connectivity index (χ3v) is 6.01. The first-order chi connectivity index (χ1) is 12.3. The Morgan fingerprint density at radius 1 is 1.23 bits per heavy atom. The van der Waals surface area contributed by atoms with Crippen LogP contribution in [0.25, 0.3) is 5.65 Å². The third kappa shape index (κ3) is 3.66. The van der Waals surface area contributed by atoms with Gasteiger partial charge < -0.3 is 4.57 Å². The fourth-order valence-electron chi connectivity index (χ4n) is 2.68. The Morgan fingerprint density at radius 2 is 2.00 bits per heavy atom. The van der Waals surface area contributed by atoms with E-state index in [-0.39, 0.29) is 16.3 Å². The molecule has 0 amide bonds. The van der Waals surface area contributed by atoms with E-state index in [0.29, 0.717) is 29.5 Å². The van der Waals surface area contributed by atoms with E-state index in [1.54, 1.807) is 19.2 Å². The van der Waals surface area contributed by atoms with Gasteiger partial charge in [-0.05, 0) is 25.0 Å². The van der Waals surface area contributed by atoms with Crippen molar-refractivity contribution in [3.8, 4) is 0 Å². The van der Waals surface area contributed by atoms with Crippen LogP contribution in [-0.4, -0.2) is 33.3 Å². The number of rotatable bonds is 6. The summed E-state index contributed by atoms with van der Waals surface area (Å²) in [6, 6.07) is 6.41. The van der Waals surface area contributed by atoms with Crippen molar-refractivity contribution >= 4 is 27.1 Å². The zero-order valence-corrected chi connectivity index (χ0v) is 16.1. The number of sulfone groups is 1. The highest BCUT2D eigenvalue weighted by atomic mass is 35.5. The van der Waals surface area contributed by atoms with E-state index in [1.165, 1.54) is 12.1 Å². The average Bonchev–Trinajstić information content (AvgIpc) is 3.05. The van der Waals surface area contributed by atoms with Gasteiger partial charge in [-0.3, -0.25) is 4.79 Å². The van der Waals surface area contributed by atoms with Crippen molar-refractivity contribution in [3.05, 3.63) is 57.2 Å². The maximum Gasteiger partial charge on any atom is 0.274 e. The van der Waals surface area contributed by atoms with E-state index >= 15 is 0 Å². The second-order valence-corrected chi connectivity index (χ2v) is 8.57. The molecule has 0 fully saturated rings. The standard InChI is InChI=1S/C17H19ClN4O3S/c1-3-4-7-26(24,25)15-9-16-21(11-13-5-6-14(18)19-10-13)12(2)8-17(23)22(16)20-15/h5-6,8-10H,3-4,7,11H2,1-2H3. The van der Waals surface area contributed by atoms with Crippen molar-refractivity contribution < 1.29 is 8.42 Å². The van der Waals surface area contributed by atoms with Gasteiger partial charge in [0.15, 0.2) is 14.9 Å². The molecule has 0 unspecified atom stereocenters. The Labute approximate surface area is 156 Å². The lowest BCUT2D eigenvalue weighted by atomic mass is 10.2. The lowest BCUT2D eigenvalue weighted by molar-refractivity contribution is 0.587. The van der Waals surface area contributed by atoms with Gasteiger partial charge >= 0.3 is 0 Å². The molecule has 26 heavy (non-hydrogen) atoms. The van der Waals surface area contributed by atoms with Crippen molar-refractivity contribution in [3.63, 3.8) is 0 Å². The van der Waals surface area contributed by atoms with Crippen molar-refractivity contribution in [1.29, 1.82) is 0 Å². The summed E-state index contributed by atoms with van der Waals surface area (Å²) in [5, 5.41) is 4.37. The van der Waals surface area contributed by atoms with Crippen LogP contribution in [0.5, 0.6) is 0 Å². The second kappa shape index (κ2) is 7.20. The van der Waals surface area contributed by atoms with Crippen LogP contribution in [0, 0.1) is 6.92 Å². The highest BCUT2D eigenvalue weighted by Crippen LogP contribution is 2.16. The number of aromatic nitrogens is 4. The third-order valence-electron chi connectivity index (χ3n) is 4.13. The molecule has 0 atom stereocenters. The largest absolute Gasteiger partial charge is 0.326 e. The Hall–Kier alpha value is -2.19. The summed E-state index contributed by atoms with van der Waals surface area (Å²) >= 11 is 5.82. The molecule has 0 N–H and O–H groups in total. The molecule has 9 heteroatoms. The molecule has 0 saturated heterocycles. The number of nitrogens with zero attached hydrogens (tertiary/aromatic N) is 4. The van der Waals surface area contributed by atoms with Crippen LogP contribution >= 0.6 is 11.6 Å². The Morgan fingerprint density at radius 3 is 2.65 bits per heavy atom. The lowest BCUT2D eigenvalue weighted by Gasteiger charge is -2.12. The Bertz CT molecular complexity index is 1100. The predicted molar refractivity (Wildman–Crippen MR) is 99.5 cm³/mol. The monoisotopic (exact) mass is 394 g/mol. The van der Waals surface area contributed by atoms with E-state index in [4.69, 9.17) is 11.6 Å². The van der Waals surface area contributed by atoms with Crippen LogP contribution < -0.4 is 5.56 Å². The molecule has 0 spiro atoms. The van der Waals surface area contributed by atoms with E-state index in [0.717, 1.165) is 16.5 Å². The molecule has 0 aliphatic rings.